The lowest BCUT2D eigenvalue weighted by atomic mass is 9.83. The van der Waals surface area contributed by atoms with Crippen LogP contribution in [0, 0.1) is 0 Å². The lowest BCUT2D eigenvalue weighted by molar-refractivity contribution is -0.0505. The summed E-state index contributed by atoms with van der Waals surface area (Å²) in [7, 11) is -12.8. The van der Waals surface area contributed by atoms with Gasteiger partial charge in [-0.15, -0.1) is 0 Å². The molecule has 6 rings (SSSR count). The van der Waals surface area contributed by atoms with Crippen LogP contribution in [0.3, 0.4) is 0 Å². The highest BCUT2D eigenvalue weighted by Gasteiger charge is 2.50. The Hall–Kier alpha value is -5.08. The van der Waals surface area contributed by atoms with Crippen LogP contribution >= 0.6 is 0 Å². The van der Waals surface area contributed by atoms with Crippen molar-refractivity contribution in [3.8, 4) is 44.9 Å². The summed E-state index contributed by atoms with van der Waals surface area (Å²) in [6.07, 6.45) is 0. The average molecular weight is 703 g/mol. The molecule has 0 bridgehead atoms. The van der Waals surface area contributed by atoms with Crippen molar-refractivity contribution in [1.29, 1.82) is 0 Å². The molecule has 0 aliphatic heterocycles. The second-order valence-corrected chi connectivity index (χ2v) is 13.4. The molecule has 0 aromatic heterocycles. The molecule has 6 nitrogen and oxygen atoms in total. The molecule has 48 heavy (non-hydrogen) atoms. The summed E-state index contributed by atoms with van der Waals surface area (Å²) in [4.78, 5) is 0. The third-order valence-corrected chi connectivity index (χ3v) is 9.31. The molecule has 14 heteroatoms. The highest BCUT2D eigenvalue weighted by atomic mass is 32.2. The molecule has 0 amide bonds. The Balaban J connectivity index is 1.90. The molecule has 0 atom stereocenters. The van der Waals surface area contributed by atoms with E-state index in [2.05, 4.69) is 4.18 Å². The highest BCUT2D eigenvalue weighted by Crippen LogP contribution is 2.55. The van der Waals surface area contributed by atoms with Gasteiger partial charge < -0.3 is 8.37 Å². The second kappa shape index (κ2) is 11.9. The Morgan fingerprint density at radius 2 is 0.854 bits per heavy atom. The van der Waals surface area contributed by atoms with E-state index in [0.29, 0.717) is 16.3 Å². The summed E-state index contributed by atoms with van der Waals surface area (Å²) in [6, 6.07) is 30.1. The molecular weight excluding hydrogens is 682 g/mol. The quantitative estimate of drug-likeness (QED) is 0.0936. The Morgan fingerprint density at radius 3 is 1.40 bits per heavy atom. The smallest absolute Gasteiger partial charge is 0.375 e. The molecule has 0 unspecified atom stereocenters. The molecule has 6 aromatic rings. The molecule has 0 aliphatic rings. The molecule has 0 heterocycles. The van der Waals surface area contributed by atoms with Crippen LogP contribution < -0.4 is 8.37 Å². The van der Waals surface area contributed by atoms with Crippen LogP contribution in [0.25, 0.3) is 54.9 Å². The minimum Gasteiger partial charge on any atom is -0.375 e. The van der Waals surface area contributed by atoms with E-state index in [4.69, 9.17) is 4.18 Å². The Labute approximate surface area is 270 Å². The van der Waals surface area contributed by atoms with Gasteiger partial charge in [0.15, 0.2) is 11.5 Å². The molecule has 0 spiro atoms. The van der Waals surface area contributed by atoms with Crippen molar-refractivity contribution in [2.24, 2.45) is 0 Å². The molecule has 0 saturated heterocycles. The van der Waals surface area contributed by atoms with Crippen molar-refractivity contribution in [2.75, 3.05) is 0 Å². The zero-order valence-electron chi connectivity index (χ0n) is 24.1. The number of benzene rings is 6. The maximum atomic E-state index is 14.1. The van der Waals surface area contributed by atoms with Crippen molar-refractivity contribution in [3.63, 3.8) is 0 Å². The standard InChI is InChI=1S/C34H20F6O6S2/c35-33(36,37)47(41,42)45-27-20-19-21-11-7-8-16-24(21)30(27)31-26-18-10-9-17-25(26)28(22-12-3-1-4-13-22)29(23-14-5-2-6-15-23)32(31)46-48(43,44)34(38,39)40/h1-20H. The van der Waals surface area contributed by atoms with Gasteiger partial charge in [-0.3, -0.25) is 0 Å². The van der Waals surface area contributed by atoms with Crippen molar-refractivity contribution in [1.82, 2.24) is 0 Å². The first-order valence-corrected chi connectivity index (χ1v) is 16.7. The molecule has 0 fully saturated rings. The topological polar surface area (TPSA) is 86.7 Å². The molecule has 0 saturated carbocycles. The maximum Gasteiger partial charge on any atom is 0.534 e. The van der Waals surface area contributed by atoms with E-state index in [1.165, 1.54) is 48.5 Å². The van der Waals surface area contributed by atoms with E-state index < -0.39 is 53.9 Å². The number of hydrogen-bond donors (Lipinski definition) is 0. The zero-order chi connectivity index (χ0) is 34.5. The number of rotatable bonds is 7. The van der Waals surface area contributed by atoms with Gasteiger partial charge in [0.05, 0.1) is 0 Å². The fourth-order valence-corrected chi connectivity index (χ4v) is 6.38. The van der Waals surface area contributed by atoms with Gasteiger partial charge in [0.25, 0.3) is 0 Å². The second-order valence-electron chi connectivity index (χ2n) is 10.4. The van der Waals surface area contributed by atoms with Gasteiger partial charge in [0.2, 0.25) is 0 Å². The molecule has 6 aromatic carbocycles. The van der Waals surface area contributed by atoms with Gasteiger partial charge in [0, 0.05) is 22.3 Å². The average Bonchev–Trinajstić information content (AvgIpc) is 3.04. The van der Waals surface area contributed by atoms with E-state index in [1.54, 1.807) is 66.7 Å². The number of alkyl halides is 6. The fraction of sp³-hybridized carbons (Fsp3) is 0.0588. The van der Waals surface area contributed by atoms with Crippen LogP contribution in [-0.4, -0.2) is 27.9 Å². The van der Waals surface area contributed by atoms with Crippen LogP contribution in [0.1, 0.15) is 0 Å². The van der Waals surface area contributed by atoms with E-state index >= 15 is 0 Å². The predicted molar refractivity (Wildman–Crippen MR) is 169 cm³/mol. The largest absolute Gasteiger partial charge is 0.534 e. The van der Waals surface area contributed by atoms with Gasteiger partial charge in [-0.1, -0.05) is 115 Å². The van der Waals surface area contributed by atoms with Gasteiger partial charge in [-0.25, -0.2) is 0 Å². The normalized spacial score (nSPS) is 12.7. The minimum atomic E-state index is -6.44. The zero-order valence-corrected chi connectivity index (χ0v) is 25.7. The number of fused-ring (bicyclic) bond motifs is 2. The molecule has 0 N–H and O–H groups in total. The van der Waals surface area contributed by atoms with Crippen molar-refractivity contribution in [3.05, 3.63) is 121 Å². The third kappa shape index (κ3) is 5.81. The third-order valence-electron chi connectivity index (χ3n) is 7.40. The number of hydrogen-bond acceptors (Lipinski definition) is 6. The Bertz CT molecular complexity index is 2390. The van der Waals surface area contributed by atoms with Crippen LogP contribution in [0.5, 0.6) is 11.5 Å². The van der Waals surface area contributed by atoms with Gasteiger partial charge >= 0.3 is 31.3 Å². The fourth-order valence-electron chi connectivity index (χ4n) is 5.43. The number of halogens is 6. The minimum absolute atomic E-state index is 0.0222. The van der Waals surface area contributed by atoms with Crippen molar-refractivity contribution in [2.45, 2.75) is 11.0 Å². The summed E-state index contributed by atoms with van der Waals surface area (Å²) in [5, 5.41) is 0.686. The predicted octanol–water partition coefficient (Wildman–Crippen LogP) is 9.45. The first-order chi connectivity index (χ1) is 22.6. The van der Waals surface area contributed by atoms with Crippen LogP contribution in [0.2, 0.25) is 0 Å². The summed E-state index contributed by atoms with van der Waals surface area (Å²) in [6.45, 7) is 0. The van der Waals surface area contributed by atoms with Crippen LogP contribution in [0.15, 0.2) is 121 Å². The molecule has 246 valence electrons. The maximum absolute atomic E-state index is 14.1. The summed E-state index contributed by atoms with van der Waals surface area (Å²) < 4.78 is 143. The van der Waals surface area contributed by atoms with Crippen molar-refractivity contribution >= 4 is 41.8 Å². The summed E-state index contributed by atoms with van der Waals surface area (Å²) >= 11 is 0. The lowest BCUT2D eigenvalue weighted by Gasteiger charge is -2.25. The van der Waals surface area contributed by atoms with Crippen LogP contribution in [-0.2, 0) is 20.2 Å². The Kier molecular flexibility index (Phi) is 8.12. The van der Waals surface area contributed by atoms with E-state index in [-0.39, 0.29) is 27.5 Å². The summed E-state index contributed by atoms with van der Waals surface area (Å²) in [5.41, 5.74) is -12.1. The van der Waals surface area contributed by atoms with Crippen molar-refractivity contribution < 1.29 is 51.5 Å². The molecule has 0 aliphatic carbocycles. The summed E-state index contributed by atoms with van der Waals surface area (Å²) in [5.74, 6) is -1.85. The lowest BCUT2D eigenvalue weighted by Crippen LogP contribution is -2.29. The molecular formula is C34H20F6O6S2. The van der Waals surface area contributed by atoms with Gasteiger partial charge in [-0.05, 0) is 38.7 Å². The SMILES string of the molecule is O=S(=O)(Oc1ccc2ccccc2c1-c1c(OS(=O)(=O)C(F)(F)F)c(-c2ccccc2)c(-c2ccccc2)c2ccccc12)C(F)(F)F. The van der Waals surface area contributed by atoms with Crippen LogP contribution in [0.4, 0.5) is 26.3 Å². The monoisotopic (exact) mass is 702 g/mol. The van der Waals surface area contributed by atoms with E-state index in [0.717, 1.165) is 6.07 Å². The van der Waals surface area contributed by atoms with Gasteiger partial charge in [-0.2, -0.15) is 43.2 Å². The van der Waals surface area contributed by atoms with Gasteiger partial charge in [0.1, 0.15) is 0 Å². The first-order valence-electron chi connectivity index (χ1n) is 13.8. The Morgan fingerprint density at radius 1 is 0.417 bits per heavy atom. The first kappa shape index (κ1) is 32.8. The van der Waals surface area contributed by atoms with E-state index in [9.17, 15) is 43.2 Å². The van der Waals surface area contributed by atoms with E-state index in [1.807, 2.05) is 0 Å². The highest BCUT2D eigenvalue weighted by molar-refractivity contribution is 7.88. The molecule has 0 radical (unpaired) electrons.